The van der Waals surface area contributed by atoms with Gasteiger partial charge in [0.15, 0.2) is 0 Å². The second-order valence-corrected chi connectivity index (χ2v) is 4.28. The lowest BCUT2D eigenvalue weighted by atomic mass is 9.99. The first-order valence-electron chi connectivity index (χ1n) is 5.98. The van der Waals surface area contributed by atoms with E-state index < -0.39 is 0 Å². The fraction of sp³-hybridized carbons (Fsp3) is 0.571. The van der Waals surface area contributed by atoms with Gasteiger partial charge in [-0.05, 0) is 31.4 Å². The van der Waals surface area contributed by atoms with Crippen LogP contribution in [0.3, 0.4) is 0 Å². The second-order valence-electron chi connectivity index (χ2n) is 4.28. The van der Waals surface area contributed by atoms with Gasteiger partial charge in [0.1, 0.15) is 0 Å². The van der Waals surface area contributed by atoms with E-state index in [1.54, 1.807) is 6.08 Å². The van der Waals surface area contributed by atoms with Crippen molar-refractivity contribution in [2.75, 3.05) is 13.1 Å². The van der Waals surface area contributed by atoms with Gasteiger partial charge in [-0.2, -0.15) is 0 Å². The van der Waals surface area contributed by atoms with Crippen molar-refractivity contribution in [3.63, 3.8) is 0 Å². The highest BCUT2D eigenvalue weighted by atomic mass is 15.2. The van der Waals surface area contributed by atoms with Crippen molar-refractivity contribution in [1.82, 2.24) is 4.90 Å². The maximum Gasteiger partial charge on any atom is 0.0230 e. The van der Waals surface area contributed by atoms with E-state index in [1.807, 2.05) is 6.08 Å². The van der Waals surface area contributed by atoms with Crippen LogP contribution in [0.15, 0.2) is 37.0 Å². The van der Waals surface area contributed by atoms with Crippen molar-refractivity contribution in [2.24, 2.45) is 0 Å². The zero-order valence-electron chi connectivity index (χ0n) is 9.91. The Balaban J connectivity index is 2.43. The van der Waals surface area contributed by atoms with E-state index in [-0.39, 0.29) is 0 Å². The molecule has 84 valence electrons. The molecule has 0 aromatic heterocycles. The maximum absolute atomic E-state index is 4.08. The molecule has 0 saturated carbocycles. The van der Waals surface area contributed by atoms with Gasteiger partial charge >= 0.3 is 0 Å². The Morgan fingerprint density at radius 1 is 1.47 bits per heavy atom. The molecule has 1 heteroatoms. The van der Waals surface area contributed by atoms with E-state index in [0.717, 1.165) is 12.6 Å². The topological polar surface area (TPSA) is 3.24 Å². The predicted molar refractivity (Wildman–Crippen MR) is 68.0 cm³/mol. The van der Waals surface area contributed by atoms with Gasteiger partial charge in [0.25, 0.3) is 0 Å². The summed E-state index contributed by atoms with van der Waals surface area (Å²) in [6.45, 7) is 12.3. The molecule has 1 saturated heterocycles. The zero-order valence-corrected chi connectivity index (χ0v) is 9.91. The highest BCUT2D eigenvalue weighted by Crippen LogP contribution is 2.20. The van der Waals surface area contributed by atoms with Gasteiger partial charge < -0.3 is 0 Å². The summed E-state index contributed by atoms with van der Waals surface area (Å²) in [6, 6.07) is 0.771. The fourth-order valence-electron chi connectivity index (χ4n) is 2.25. The first kappa shape index (κ1) is 12.3. The smallest absolute Gasteiger partial charge is 0.0230 e. The monoisotopic (exact) mass is 205 g/mol. The summed E-state index contributed by atoms with van der Waals surface area (Å²) in [5, 5.41) is 0. The van der Waals surface area contributed by atoms with Gasteiger partial charge in [-0.15, -0.1) is 0 Å². The number of piperidine rings is 1. The number of nitrogens with zero attached hydrogens (tertiary/aromatic N) is 1. The highest BCUT2D eigenvalue weighted by Gasteiger charge is 2.20. The Labute approximate surface area is 94.2 Å². The number of allylic oxidation sites excluding steroid dienone is 2. The lowest BCUT2D eigenvalue weighted by molar-refractivity contribution is 0.158. The first-order valence-corrected chi connectivity index (χ1v) is 5.98. The molecule has 0 amide bonds. The average molecular weight is 205 g/mol. The average Bonchev–Trinajstić information content (AvgIpc) is 2.27. The predicted octanol–water partition coefficient (Wildman–Crippen LogP) is 3.55. The van der Waals surface area contributed by atoms with E-state index in [2.05, 4.69) is 31.1 Å². The van der Waals surface area contributed by atoms with Crippen LogP contribution in [0.2, 0.25) is 0 Å². The molecule has 0 radical (unpaired) electrons. The Kier molecular flexibility index (Phi) is 5.41. The summed E-state index contributed by atoms with van der Waals surface area (Å²) < 4.78 is 0. The van der Waals surface area contributed by atoms with Crippen molar-refractivity contribution < 1.29 is 0 Å². The Bertz CT molecular complexity index is 240. The number of rotatable bonds is 5. The highest BCUT2D eigenvalue weighted by molar-refractivity contribution is 5.19. The minimum atomic E-state index is 0.771. The van der Waals surface area contributed by atoms with Gasteiger partial charge in [0.05, 0.1) is 0 Å². The van der Waals surface area contributed by atoms with Crippen LogP contribution in [0.25, 0.3) is 0 Å². The van der Waals surface area contributed by atoms with Crippen molar-refractivity contribution in [1.29, 1.82) is 0 Å². The Morgan fingerprint density at radius 3 is 2.93 bits per heavy atom. The van der Waals surface area contributed by atoms with E-state index in [4.69, 9.17) is 0 Å². The van der Waals surface area contributed by atoms with Gasteiger partial charge in [-0.3, -0.25) is 4.90 Å². The number of hydrogen-bond donors (Lipinski definition) is 0. The SMILES string of the molecule is C=C/C=C\C(=C)CN1CCCCC1CC. The summed E-state index contributed by atoms with van der Waals surface area (Å²) in [4.78, 5) is 2.57. The molecule has 0 aromatic carbocycles. The van der Waals surface area contributed by atoms with Crippen LogP contribution in [0, 0.1) is 0 Å². The van der Waals surface area contributed by atoms with E-state index >= 15 is 0 Å². The number of likely N-dealkylation sites (tertiary alicyclic amines) is 1. The molecule has 0 N–H and O–H groups in total. The van der Waals surface area contributed by atoms with Gasteiger partial charge in [0.2, 0.25) is 0 Å². The number of hydrogen-bond acceptors (Lipinski definition) is 1. The van der Waals surface area contributed by atoms with Gasteiger partial charge in [-0.25, -0.2) is 0 Å². The van der Waals surface area contributed by atoms with Crippen LogP contribution in [0.4, 0.5) is 0 Å². The second kappa shape index (κ2) is 6.62. The molecule has 1 atom stereocenters. The molecule has 0 spiro atoms. The Morgan fingerprint density at radius 2 is 2.27 bits per heavy atom. The molecule has 0 aliphatic carbocycles. The molecule has 1 aliphatic heterocycles. The normalized spacial score (nSPS) is 23.1. The Hall–Kier alpha value is -0.820. The third-order valence-electron chi connectivity index (χ3n) is 3.09. The van der Waals surface area contributed by atoms with E-state index in [9.17, 15) is 0 Å². The third-order valence-corrected chi connectivity index (χ3v) is 3.09. The van der Waals surface area contributed by atoms with Gasteiger partial charge in [0, 0.05) is 12.6 Å². The summed E-state index contributed by atoms with van der Waals surface area (Å²) >= 11 is 0. The molecule has 1 rings (SSSR count). The van der Waals surface area contributed by atoms with Crippen LogP contribution in [-0.2, 0) is 0 Å². The fourth-order valence-corrected chi connectivity index (χ4v) is 2.25. The molecular weight excluding hydrogens is 182 g/mol. The first-order chi connectivity index (χ1) is 7.27. The third kappa shape index (κ3) is 4.05. The summed E-state index contributed by atoms with van der Waals surface area (Å²) in [5.74, 6) is 0. The van der Waals surface area contributed by atoms with Crippen LogP contribution in [0.5, 0.6) is 0 Å². The largest absolute Gasteiger partial charge is 0.296 e. The van der Waals surface area contributed by atoms with Crippen molar-refractivity contribution in [3.8, 4) is 0 Å². The zero-order chi connectivity index (χ0) is 11.1. The molecule has 1 fully saturated rings. The van der Waals surface area contributed by atoms with Crippen LogP contribution < -0.4 is 0 Å². The molecule has 0 bridgehead atoms. The summed E-state index contributed by atoms with van der Waals surface area (Å²) in [6.07, 6.45) is 11.2. The molecule has 0 aromatic rings. The minimum Gasteiger partial charge on any atom is -0.296 e. The van der Waals surface area contributed by atoms with Crippen molar-refractivity contribution in [3.05, 3.63) is 37.0 Å². The van der Waals surface area contributed by atoms with Crippen LogP contribution in [-0.4, -0.2) is 24.0 Å². The quantitative estimate of drug-likeness (QED) is 0.620. The molecule has 1 heterocycles. The maximum atomic E-state index is 4.08. The lowest BCUT2D eigenvalue weighted by Gasteiger charge is -2.35. The minimum absolute atomic E-state index is 0.771. The van der Waals surface area contributed by atoms with Crippen LogP contribution in [0.1, 0.15) is 32.6 Å². The van der Waals surface area contributed by atoms with E-state index in [1.165, 1.54) is 37.8 Å². The lowest BCUT2D eigenvalue weighted by Crippen LogP contribution is -2.39. The summed E-state index contributed by atoms with van der Waals surface area (Å²) in [5.41, 5.74) is 1.19. The molecule has 1 aliphatic rings. The molecule has 15 heavy (non-hydrogen) atoms. The van der Waals surface area contributed by atoms with Gasteiger partial charge in [-0.1, -0.05) is 44.7 Å². The van der Waals surface area contributed by atoms with Crippen molar-refractivity contribution >= 4 is 0 Å². The van der Waals surface area contributed by atoms with E-state index in [0.29, 0.717) is 0 Å². The van der Waals surface area contributed by atoms with Crippen LogP contribution >= 0.6 is 0 Å². The molecule has 1 nitrogen and oxygen atoms in total. The summed E-state index contributed by atoms with van der Waals surface area (Å²) in [7, 11) is 0. The molecule has 1 unspecified atom stereocenters. The van der Waals surface area contributed by atoms with Crippen molar-refractivity contribution in [2.45, 2.75) is 38.6 Å². The molecular formula is C14H23N. The standard InChI is InChI=1S/C14H23N/c1-4-6-9-13(3)12-15-11-8-7-10-14(15)5-2/h4,6,9,14H,1,3,5,7-8,10-12H2,2H3/b9-6-.